The Balaban J connectivity index is 1.74. The molecule has 8 heteroatoms. The number of amides is 2. The summed E-state index contributed by atoms with van der Waals surface area (Å²) in [7, 11) is -2.09. The Bertz CT molecular complexity index is 1080. The number of benzene rings is 2. The molecule has 0 aromatic heterocycles. The molecule has 1 aliphatic rings. The van der Waals surface area contributed by atoms with Crippen molar-refractivity contribution >= 4 is 27.5 Å². The fourth-order valence-corrected chi connectivity index (χ4v) is 5.05. The third kappa shape index (κ3) is 6.90. The van der Waals surface area contributed by atoms with E-state index in [1.54, 1.807) is 31.2 Å². The SMILES string of the molecule is CNS(=O)(=O)c1ccc(CCC(=O)N2CCCCCCCN(C(C)=O)c3ccccc3C2)cc1. The minimum absolute atomic E-state index is 0.0196. The van der Waals surface area contributed by atoms with E-state index in [1.165, 1.54) is 7.05 Å². The number of hydrogen-bond donors (Lipinski definition) is 1. The highest BCUT2D eigenvalue weighted by molar-refractivity contribution is 7.89. The summed E-state index contributed by atoms with van der Waals surface area (Å²) >= 11 is 0. The quantitative estimate of drug-likeness (QED) is 0.697. The van der Waals surface area contributed by atoms with Gasteiger partial charge in [0.1, 0.15) is 0 Å². The van der Waals surface area contributed by atoms with Gasteiger partial charge in [-0.3, -0.25) is 9.59 Å². The van der Waals surface area contributed by atoms with Gasteiger partial charge in [-0.25, -0.2) is 13.1 Å². The van der Waals surface area contributed by atoms with Gasteiger partial charge in [0.15, 0.2) is 0 Å². The van der Waals surface area contributed by atoms with Gasteiger partial charge in [0.2, 0.25) is 21.8 Å². The minimum Gasteiger partial charge on any atom is -0.338 e. The summed E-state index contributed by atoms with van der Waals surface area (Å²) in [6.45, 7) is 3.45. The Hall–Kier alpha value is -2.71. The predicted molar refractivity (Wildman–Crippen MR) is 134 cm³/mol. The van der Waals surface area contributed by atoms with Crippen LogP contribution in [0.4, 0.5) is 5.69 Å². The molecular formula is C26H35N3O4S. The Morgan fingerprint density at radius 2 is 1.56 bits per heavy atom. The lowest BCUT2D eigenvalue weighted by atomic mass is 10.1. The van der Waals surface area contributed by atoms with Crippen molar-refractivity contribution in [2.24, 2.45) is 0 Å². The minimum atomic E-state index is -3.48. The van der Waals surface area contributed by atoms with Crippen molar-refractivity contribution < 1.29 is 18.0 Å². The van der Waals surface area contributed by atoms with E-state index in [4.69, 9.17) is 0 Å². The molecule has 2 aromatic rings. The van der Waals surface area contributed by atoms with E-state index in [0.717, 1.165) is 48.9 Å². The number of aryl methyl sites for hydroxylation is 1. The van der Waals surface area contributed by atoms with E-state index in [9.17, 15) is 18.0 Å². The van der Waals surface area contributed by atoms with Crippen molar-refractivity contribution in [3.05, 3.63) is 59.7 Å². The van der Waals surface area contributed by atoms with Crippen LogP contribution in [0.3, 0.4) is 0 Å². The van der Waals surface area contributed by atoms with E-state index in [2.05, 4.69) is 4.72 Å². The molecule has 7 nitrogen and oxygen atoms in total. The maximum Gasteiger partial charge on any atom is 0.240 e. The molecule has 0 fully saturated rings. The van der Waals surface area contributed by atoms with Crippen LogP contribution in [0.2, 0.25) is 0 Å². The topological polar surface area (TPSA) is 86.8 Å². The van der Waals surface area contributed by atoms with E-state index < -0.39 is 10.0 Å². The first-order chi connectivity index (χ1) is 16.3. The Morgan fingerprint density at radius 3 is 2.24 bits per heavy atom. The standard InChI is InChI=1S/C26H35N3O4S/c1-21(30)29-19-9-5-3-4-8-18-28(20-23-10-6-7-11-25(23)29)26(31)17-14-22-12-15-24(16-13-22)34(32,33)27-2/h6-7,10-13,15-16,27H,3-5,8-9,14,17-20H2,1-2H3. The highest BCUT2D eigenvalue weighted by atomic mass is 32.2. The first-order valence-corrected chi connectivity index (χ1v) is 13.5. The van der Waals surface area contributed by atoms with Crippen LogP contribution in [0, 0.1) is 0 Å². The molecule has 184 valence electrons. The number of hydrogen-bond acceptors (Lipinski definition) is 4. The van der Waals surface area contributed by atoms with E-state index in [-0.39, 0.29) is 16.7 Å². The summed E-state index contributed by atoms with van der Waals surface area (Å²) in [6, 6.07) is 14.5. The number of carbonyl (C=O) groups is 2. The van der Waals surface area contributed by atoms with Crippen LogP contribution in [0.15, 0.2) is 53.4 Å². The third-order valence-electron chi connectivity index (χ3n) is 6.32. The normalized spacial score (nSPS) is 15.7. The average Bonchev–Trinajstić information content (AvgIpc) is 2.83. The highest BCUT2D eigenvalue weighted by Gasteiger charge is 2.20. The second-order valence-electron chi connectivity index (χ2n) is 8.73. The van der Waals surface area contributed by atoms with Gasteiger partial charge in [0, 0.05) is 38.7 Å². The zero-order chi connectivity index (χ0) is 24.6. The summed E-state index contributed by atoms with van der Waals surface area (Å²) in [5.74, 6) is 0.0827. The summed E-state index contributed by atoms with van der Waals surface area (Å²) in [5, 5.41) is 0. The van der Waals surface area contributed by atoms with Crippen LogP contribution in [-0.2, 0) is 32.6 Å². The molecule has 0 saturated carbocycles. The van der Waals surface area contributed by atoms with Crippen molar-refractivity contribution in [3.63, 3.8) is 0 Å². The smallest absolute Gasteiger partial charge is 0.240 e. The number of carbonyl (C=O) groups excluding carboxylic acids is 2. The molecule has 1 N–H and O–H groups in total. The number of sulfonamides is 1. The zero-order valence-electron chi connectivity index (χ0n) is 20.1. The van der Waals surface area contributed by atoms with Crippen molar-refractivity contribution in [3.8, 4) is 0 Å². The molecule has 0 atom stereocenters. The van der Waals surface area contributed by atoms with E-state index in [0.29, 0.717) is 32.5 Å². The molecule has 1 heterocycles. The van der Waals surface area contributed by atoms with Gasteiger partial charge in [-0.15, -0.1) is 0 Å². The molecule has 0 spiro atoms. The van der Waals surface area contributed by atoms with Gasteiger partial charge in [-0.2, -0.15) is 0 Å². The first-order valence-electron chi connectivity index (χ1n) is 12.0. The molecule has 2 aromatic carbocycles. The van der Waals surface area contributed by atoms with Crippen molar-refractivity contribution in [2.45, 2.75) is 63.3 Å². The van der Waals surface area contributed by atoms with Crippen molar-refractivity contribution in [2.75, 3.05) is 25.0 Å². The van der Waals surface area contributed by atoms with E-state index in [1.807, 2.05) is 34.1 Å². The van der Waals surface area contributed by atoms with Crippen LogP contribution in [0.5, 0.6) is 0 Å². The third-order valence-corrected chi connectivity index (χ3v) is 7.75. The molecule has 0 saturated heterocycles. The van der Waals surface area contributed by atoms with Gasteiger partial charge in [0.25, 0.3) is 0 Å². The number of fused-ring (bicyclic) bond motifs is 1. The molecule has 2 amide bonds. The van der Waals surface area contributed by atoms with Gasteiger partial charge in [-0.1, -0.05) is 49.6 Å². The molecule has 0 aliphatic carbocycles. The van der Waals surface area contributed by atoms with E-state index >= 15 is 0 Å². The lowest BCUT2D eigenvalue weighted by Gasteiger charge is -2.29. The maximum atomic E-state index is 13.2. The highest BCUT2D eigenvalue weighted by Crippen LogP contribution is 2.25. The summed E-state index contributed by atoms with van der Waals surface area (Å²) < 4.78 is 26.1. The number of nitrogens with zero attached hydrogens (tertiary/aromatic N) is 2. The average molecular weight is 486 g/mol. The number of para-hydroxylation sites is 1. The lowest BCUT2D eigenvalue weighted by molar-refractivity contribution is -0.131. The van der Waals surface area contributed by atoms with Gasteiger partial charge in [-0.05, 0) is 55.6 Å². The molecule has 3 rings (SSSR count). The maximum absolute atomic E-state index is 13.2. The second kappa shape index (κ2) is 12.1. The van der Waals surface area contributed by atoms with Gasteiger partial charge >= 0.3 is 0 Å². The fraction of sp³-hybridized carbons (Fsp3) is 0.462. The number of nitrogens with one attached hydrogen (secondary N) is 1. The molecule has 0 bridgehead atoms. The summed E-state index contributed by atoms with van der Waals surface area (Å²) in [4.78, 5) is 29.5. The second-order valence-corrected chi connectivity index (χ2v) is 10.6. The largest absolute Gasteiger partial charge is 0.338 e. The molecule has 1 aliphatic heterocycles. The van der Waals surface area contributed by atoms with Crippen LogP contribution in [0.25, 0.3) is 0 Å². The fourth-order valence-electron chi connectivity index (χ4n) is 4.32. The zero-order valence-corrected chi connectivity index (χ0v) is 20.9. The van der Waals surface area contributed by atoms with Crippen LogP contribution >= 0.6 is 0 Å². The number of anilines is 1. The Morgan fingerprint density at radius 1 is 0.912 bits per heavy atom. The molecular weight excluding hydrogens is 450 g/mol. The van der Waals surface area contributed by atoms with Gasteiger partial charge < -0.3 is 9.80 Å². The summed E-state index contributed by atoms with van der Waals surface area (Å²) in [5.41, 5.74) is 2.78. The molecule has 34 heavy (non-hydrogen) atoms. The molecule has 0 radical (unpaired) electrons. The molecule has 0 unspecified atom stereocenters. The monoisotopic (exact) mass is 485 g/mol. The first kappa shape index (κ1) is 25.9. The number of rotatable bonds is 5. The lowest BCUT2D eigenvalue weighted by Crippen LogP contribution is -2.35. The summed E-state index contributed by atoms with van der Waals surface area (Å²) in [6.07, 6.45) is 6.04. The van der Waals surface area contributed by atoms with Crippen LogP contribution in [0.1, 0.15) is 56.6 Å². The Kier molecular flexibility index (Phi) is 9.24. The predicted octanol–water partition coefficient (Wildman–Crippen LogP) is 3.87. The van der Waals surface area contributed by atoms with Crippen molar-refractivity contribution in [1.82, 2.24) is 9.62 Å². The van der Waals surface area contributed by atoms with Crippen LogP contribution in [-0.4, -0.2) is 45.3 Å². The van der Waals surface area contributed by atoms with Crippen molar-refractivity contribution in [1.29, 1.82) is 0 Å². The van der Waals surface area contributed by atoms with Gasteiger partial charge in [0.05, 0.1) is 4.90 Å². The Labute approximate surface area is 203 Å². The van der Waals surface area contributed by atoms with Crippen LogP contribution < -0.4 is 9.62 Å².